The molecule has 0 spiro atoms. The van der Waals surface area contributed by atoms with E-state index in [1.54, 1.807) is 25.4 Å². The molecule has 5 heteroatoms. The molecule has 0 atom stereocenters. The number of pyridine rings is 1. The fourth-order valence-corrected chi connectivity index (χ4v) is 0.951. The molecule has 14 heavy (non-hydrogen) atoms. The molecular formula is C9H11N3O2. The summed E-state index contributed by atoms with van der Waals surface area (Å²) in [6, 6.07) is 3.36. The summed E-state index contributed by atoms with van der Waals surface area (Å²) < 4.78 is 0. The van der Waals surface area contributed by atoms with Crippen molar-refractivity contribution in [3.8, 4) is 0 Å². The molecule has 1 aromatic heterocycles. The number of carbonyl (C=O) groups excluding carboxylic acids is 2. The van der Waals surface area contributed by atoms with Gasteiger partial charge in [0.25, 0.3) is 5.91 Å². The molecule has 0 aliphatic rings. The van der Waals surface area contributed by atoms with Gasteiger partial charge in [-0.15, -0.1) is 0 Å². The van der Waals surface area contributed by atoms with Gasteiger partial charge in [0, 0.05) is 19.8 Å². The standard InChI is InChI=1S/C9H11N3O2/c1-10-9(14)8-3-2-7(5-12-8)4-11-6-13/h2-3,5-6H,4H2,1H3,(H,10,14)(H,11,13). The molecule has 2 N–H and O–H groups in total. The van der Waals surface area contributed by atoms with Crippen LogP contribution in [0.5, 0.6) is 0 Å². The van der Waals surface area contributed by atoms with E-state index in [0.29, 0.717) is 18.6 Å². The zero-order valence-corrected chi connectivity index (χ0v) is 7.78. The lowest BCUT2D eigenvalue weighted by Crippen LogP contribution is -2.19. The molecule has 1 rings (SSSR count). The zero-order valence-electron chi connectivity index (χ0n) is 7.78. The molecular weight excluding hydrogens is 182 g/mol. The topological polar surface area (TPSA) is 71.1 Å². The van der Waals surface area contributed by atoms with Gasteiger partial charge in [-0.3, -0.25) is 14.6 Å². The number of hydrogen-bond acceptors (Lipinski definition) is 3. The third-order valence-electron chi connectivity index (χ3n) is 1.67. The molecule has 74 valence electrons. The molecule has 0 aliphatic heterocycles. The molecule has 0 aliphatic carbocycles. The monoisotopic (exact) mass is 193 g/mol. The third kappa shape index (κ3) is 2.55. The Bertz CT molecular complexity index is 321. The molecule has 1 heterocycles. The smallest absolute Gasteiger partial charge is 0.269 e. The minimum Gasteiger partial charge on any atom is -0.355 e. The van der Waals surface area contributed by atoms with Crippen molar-refractivity contribution in [1.82, 2.24) is 15.6 Å². The van der Waals surface area contributed by atoms with E-state index in [1.165, 1.54) is 0 Å². The summed E-state index contributed by atoms with van der Waals surface area (Å²) in [5.74, 6) is -0.222. The van der Waals surface area contributed by atoms with Gasteiger partial charge in [-0.1, -0.05) is 6.07 Å². The first-order valence-corrected chi connectivity index (χ1v) is 4.12. The van der Waals surface area contributed by atoms with Crippen LogP contribution in [0.25, 0.3) is 0 Å². The summed E-state index contributed by atoms with van der Waals surface area (Å²) in [4.78, 5) is 25.0. The Morgan fingerprint density at radius 3 is 2.86 bits per heavy atom. The van der Waals surface area contributed by atoms with Crippen LogP contribution in [0.2, 0.25) is 0 Å². The van der Waals surface area contributed by atoms with Gasteiger partial charge in [-0.05, 0) is 11.6 Å². The highest BCUT2D eigenvalue weighted by atomic mass is 16.1. The van der Waals surface area contributed by atoms with E-state index in [1.807, 2.05) is 0 Å². The number of nitrogens with one attached hydrogen (secondary N) is 2. The lowest BCUT2D eigenvalue weighted by molar-refractivity contribution is -0.109. The Kier molecular flexibility index (Phi) is 3.60. The van der Waals surface area contributed by atoms with Crippen molar-refractivity contribution in [1.29, 1.82) is 0 Å². The van der Waals surface area contributed by atoms with E-state index in [2.05, 4.69) is 15.6 Å². The summed E-state index contributed by atoms with van der Waals surface area (Å²) in [5.41, 5.74) is 1.21. The molecule has 0 saturated heterocycles. The second-order valence-corrected chi connectivity index (χ2v) is 2.63. The van der Waals surface area contributed by atoms with Crippen molar-refractivity contribution < 1.29 is 9.59 Å². The number of carbonyl (C=O) groups is 2. The Labute approximate surface area is 81.5 Å². The molecule has 0 bridgehead atoms. The van der Waals surface area contributed by atoms with Crippen LogP contribution in [0, 0.1) is 0 Å². The largest absolute Gasteiger partial charge is 0.355 e. The van der Waals surface area contributed by atoms with Crippen molar-refractivity contribution in [3.63, 3.8) is 0 Å². The lowest BCUT2D eigenvalue weighted by Gasteiger charge is -2.01. The van der Waals surface area contributed by atoms with Crippen molar-refractivity contribution in [3.05, 3.63) is 29.6 Å². The fraction of sp³-hybridized carbons (Fsp3) is 0.222. The van der Waals surface area contributed by atoms with E-state index < -0.39 is 0 Å². The van der Waals surface area contributed by atoms with Crippen LogP contribution < -0.4 is 10.6 Å². The van der Waals surface area contributed by atoms with E-state index >= 15 is 0 Å². The molecule has 0 aromatic carbocycles. The van der Waals surface area contributed by atoms with Crippen molar-refractivity contribution >= 4 is 12.3 Å². The van der Waals surface area contributed by atoms with Gasteiger partial charge in [0.1, 0.15) is 5.69 Å². The van der Waals surface area contributed by atoms with Gasteiger partial charge < -0.3 is 10.6 Å². The van der Waals surface area contributed by atoms with Gasteiger partial charge in [0.15, 0.2) is 0 Å². The average molecular weight is 193 g/mol. The predicted octanol–water partition coefficient (Wildman–Crippen LogP) is -0.313. The second-order valence-electron chi connectivity index (χ2n) is 2.63. The van der Waals surface area contributed by atoms with Crippen LogP contribution in [0.15, 0.2) is 18.3 Å². The first-order valence-electron chi connectivity index (χ1n) is 4.12. The highest BCUT2D eigenvalue weighted by Crippen LogP contribution is 1.99. The van der Waals surface area contributed by atoms with Crippen molar-refractivity contribution in [2.45, 2.75) is 6.54 Å². The SMILES string of the molecule is CNC(=O)c1ccc(CNC=O)cn1. The Morgan fingerprint density at radius 2 is 2.36 bits per heavy atom. The normalized spacial score (nSPS) is 9.21. The van der Waals surface area contributed by atoms with Crippen LogP contribution in [0.3, 0.4) is 0 Å². The molecule has 0 unspecified atom stereocenters. The van der Waals surface area contributed by atoms with E-state index in [9.17, 15) is 9.59 Å². The molecule has 1 aromatic rings. The first-order chi connectivity index (χ1) is 6.77. The van der Waals surface area contributed by atoms with Crippen molar-refractivity contribution in [2.75, 3.05) is 7.05 Å². The summed E-state index contributed by atoms with van der Waals surface area (Å²) in [7, 11) is 1.55. The molecule has 0 fully saturated rings. The van der Waals surface area contributed by atoms with Crippen LogP contribution in [0.4, 0.5) is 0 Å². The van der Waals surface area contributed by atoms with Crippen LogP contribution in [-0.4, -0.2) is 24.3 Å². The highest BCUT2D eigenvalue weighted by molar-refractivity contribution is 5.91. The van der Waals surface area contributed by atoms with Gasteiger partial charge in [0.05, 0.1) is 0 Å². The zero-order chi connectivity index (χ0) is 10.4. The van der Waals surface area contributed by atoms with Gasteiger partial charge in [0.2, 0.25) is 6.41 Å². The number of aromatic nitrogens is 1. The van der Waals surface area contributed by atoms with Gasteiger partial charge in [-0.25, -0.2) is 0 Å². The molecule has 0 saturated carbocycles. The van der Waals surface area contributed by atoms with Crippen LogP contribution in [-0.2, 0) is 11.3 Å². The highest BCUT2D eigenvalue weighted by Gasteiger charge is 2.03. The predicted molar refractivity (Wildman–Crippen MR) is 50.5 cm³/mol. The first kappa shape index (κ1) is 10.2. The summed E-state index contributed by atoms with van der Waals surface area (Å²) in [6.45, 7) is 0.421. The van der Waals surface area contributed by atoms with Crippen LogP contribution >= 0.6 is 0 Å². The Morgan fingerprint density at radius 1 is 1.57 bits per heavy atom. The van der Waals surface area contributed by atoms with E-state index in [4.69, 9.17) is 0 Å². The molecule has 0 radical (unpaired) electrons. The maximum atomic E-state index is 11.1. The minimum absolute atomic E-state index is 0.222. The minimum atomic E-state index is -0.222. The maximum absolute atomic E-state index is 11.1. The summed E-state index contributed by atoms with van der Waals surface area (Å²) in [6.07, 6.45) is 2.17. The number of nitrogens with zero attached hydrogens (tertiary/aromatic N) is 1. The molecule has 5 nitrogen and oxygen atoms in total. The lowest BCUT2D eigenvalue weighted by atomic mass is 10.2. The number of hydrogen-bond donors (Lipinski definition) is 2. The van der Waals surface area contributed by atoms with Crippen molar-refractivity contribution in [2.24, 2.45) is 0 Å². The molecule has 2 amide bonds. The summed E-state index contributed by atoms with van der Waals surface area (Å²) in [5, 5.41) is 4.98. The van der Waals surface area contributed by atoms with Gasteiger partial charge in [-0.2, -0.15) is 0 Å². The average Bonchev–Trinajstić information content (AvgIpc) is 2.26. The Hall–Kier alpha value is -1.91. The third-order valence-corrected chi connectivity index (χ3v) is 1.67. The Balaban J connectivity index is 2.68. The van der Waals surface area contributed by atoms with Gasteiger partial charge >= 0.3 is 0 Å². The van der Waals surface area contributed by atoms with Crippen LogP contribution in [0.1, 0.15) is 16.1 Å². The quantitative estimate of drug-likeness (QED) is 0.644. The number of amides is 2. The summed E-state index contributed by atoms with van der Waals surface area (Å²) >= 11 is 0. The second kappa shape index (κ2) is 4.96. The van der Waals surface area contributed by atoms with E-state index in [-0.39, 0.29) is 5.91 Å². The fourth-order valence-electron chi connectivity index (χ4n) is 0.951. The van der Waals surface area contributed by atoms with E-state index in [0.717, 1.165) is 5.56 Å². The number of rotatable bonds is 4. The maximum Gasteiger partial charge on any atom is 0.269 e.